The van der Waals surface area contributed by atoms with Gasteiger partial charge in [-0.1, -0.05) is 0 Å². The number of nitrogens with zero attached hydrogens (tertiary/aromatic N) is 7. The van der Waals surface area contributed by atoms with Gasteiger partial charge in [0.25, 0.3) is 11.8 Å². The third kappa shape index (κ3) is 3.06. The van der Waals surface area contributed by atoms with Crippen molar-refractivity contribution >= 4 is 29.1 Å². The van der Waals surface area contributed by atoms with Crippen LogP contribution in [0.1, 0.15) is 34.2 Å². The zero-order valence-electron chi connectivity index (χ0n) is 16.1. The summed E-state index contributed by atoms with van der Waals surface area (Å²) in [5, 5.41) is 11.3. The molecule has 0 saturated carbocycles. The summed E-state index contributed by atoms with van der Waals surface area (Å²) >= 11 is 0. The van der Waals surface area contributed by atoms with Crippen LogP contribution in [0.4, 0.5) is 11.6 Å². The van der Waals surface area contributed by atoms with Crippen LogP contribution in [0.2, 0.25) is 0 Å². The van der Waals surface area contributed by atoms with E-state index in [0.717, 1.165) is 13.0 Å². The molecule has 1 fully saturated rings. The molecule has 1 N–H and O–H groups in total. The van der Waals surface area contributed by atoms with E-state index in [0.29, 0.717) is 35.9 Å². The summed E-state index contributed by atoms with van der Waals surface area (Å²) in [5.74, 6) is 0.0586. The minimum absolute atomic E-state index is 0.162. The third-order valence-corrected chi connectivity index (χ3v) is 4.93. The molecule has 0 unspecified atom stereocenters. The van der Waals surface area contributed by atoms with Gasteiger partial charge in [-0.15, -0.1) is 5.10 Å². The summed E-state index contributed by atoms with van der Waals surface area (Å²) in [4.78, 5) is 33.5. The number of aryl methyl sites for hydroxylation is 1. The Bertz CT molecular complexity index is 1050. The van der Waals surface area contributed by atoms with Gasteiger partial charge in [0.15, 0.2) is 5.65 Å². The monoisotopic (exact) mass is 382 g/mol. The van der Waals surface area contributed by atoms with Crippen LogP contribution in [0.15, 0.2) is 24.5 Å². The summed E-state index contributed by atoms with van der Waals surface area (Å²) in [6, 6.07) is 3.48. The van der Waals surface area contributed by atoms with Gasteiger partial charge >= 0.3 is 0 Å². The Kier molecular flexibility index (Phi) is 4.46. The number of pyridine rings is 1. The molecule has 4 heterocycles. The summed E-state index contributed by atoms with van der Waals surface area (Å²) in [6.45, 7) is 4.23. The molecule has 0 aromatic carbocycles. The number of hydrogen-bond donors (Lipinski definition) is 1. The normalized spacial score (nSPS) is 13.5. The Morgan fingerprint density at radius 1 is 1.32 bits per heavy atom. The van der Waals surface area contributed by atoms with E-state index in [-0.39, 0.29) is 11.6 Å². The van der Waals surface area contributed by atoms with E-state index in [1.807, 2.05) is 18.9 Å². The number of likely N-dealkylation sites (tertiary alicyclic amines) is 1. The van der Waals surface area contributed by atoms with Gasteiger partial charge in [-0.05, 0) is 19.4 Å². The standard InChI is InChI=1S/C18H22N8O2/c1-4-23(2)18-21-14-10-12(6-9-26(14)22-18)20-16(27)15-13(11-19-24(15)3)17(28)25-7-5-8-25/h6,9-11H,4-5,7-8H2,1-3H3,(H,20,27). The summed E-state index contributed by atoms with van der Waals surface area (Å²) in [6.07, 6.45) is 4.17. The van der Waals surface area contributed by atoms with Gasteiger partial charge in [0, 0.05) is 51.7 Å². The number of nitrogens with one attached hydrogen (secondary N) is 1. The number of aromatic nitrogens is 5. The lowest BCUT2D eigenvalue weighted by Crippen LogP contribution is -2.42. The van der Waals surface area contributed by atoms with Crippen molar-refractivity contribution in [3.63, 3.8) is 0 Å². The Morgan fingerprint density at radius 3 is 2.79 bits per heavy atom. The van der Waals surface area contributed by atoms with Gasteiger partial charge in [-0.25, -0.2) is 4.52 Å². The SMILES string of the molecule is CCN(C)c1nc2cc(NC(=O)c3c(C(=O)N4CCC4)cnn3C)ccn2n1. The fraction of sp³-hybridized carbons (Fsp3) is 0.389. The van der Waals surface area contributed by atoms with Gasteiger partial charge in [-0.3, -0.25) is 14.3 Å². The maximum absolute atomic E-state index is 12.9. The van der Waals surface area contributed by atoms with Crippen LogP contribution < -0.4 is 10.2 Å². The fourth-order valence-corrected chi connectivity index (χ4v) is 2.99. The van der Waals surface area contributed by atoms with Crippen molar-refractivity contribution in [2.75, 3.05) is 36.9 Å². The number of carbonyl (C=O) groups is 2. The highest BCUT2D eigenvalue weighted by Crippen LogP contribution is 2.19. The van der Waals surface area contributed by atoms with Gasteiger partial charge in [-0.2, -0.15) is 10.1 Å². The third-order valence-electron chi connectivity index (χ3n) is 4.93. The Balaban J connectivity index is 1.58. The summed E-state index contributed by atoms with van der Waals surface area (Å²) in [7, 11) is 3.56. The highest BCUT2D eigenvalue weighted by Gasteiger charge is 2.28. The largest absolute Gasteiger partial charge is 0.343 e. The molecule has 0 bridgehead atoms. The van der Waals surface area contributed by atoms with Crippen LogP contribution in [0, 0.1) is 0 Å². The molecule has 10 heteroatoms. The quantitative estimate of drug-likeness (QED) is 0.707. The van der Waals surface area contributed by atoms with Crippen LogP contribution in [0.25, 0.3) is 5.65 Å². The van der Waals surface area contributed by atoms with Gasteiger partial charge in [0.1, 0.15) is 5.69 Å². The average Bonchev–Trinajstić information content (AvgIpc) is 3.22. The number of rotatable bonds is 5. The van der Waals surface area contributed by atoms with Gasteiger partial charge < -0.3 is 15.1 Å². The number of anilines is 2. The van der Waals surface area contributed by atoms with Crippen LogP contribution in [-0.4, -0.2) is 67.8 Å². The van der Waals surface area contributed by atoms with Crippen LogP contribution >= 0.6 is 0 Å². The minimum Gasteiger partial charge on any atom is -0.343 e. The molecule has 2 amide bonds. The first kappa shape index (κ1) is 18.0. The van der Waals surface area contributed by atoms with E-state index in [2.05, 4.69) is 20.5 Å². The molecule has 3 aromatic heterocycles. The second-order valence-electron chi connectivity index (χ2n) is 6.77. The second kappa shape index (κ2) is 6.95. The van der Waals surface area contributed by atoms with Crippen LogP contribution in [-0.2, 0) is 7.05 Å². The highest BCUT2D eigenvalue weighted by molar-refractivity contribution is 6.11. The van der Waals surface area contributed by atoms with Crippen molar-refractivity contribution in [3.8, 4) is 0 Å². The zero-order chi connectivity index (χ0) is 19.8. The van der Waals surface area contributed by atoms with E-state index in [1.165, 1.54) is 10.9 Å². The molecular formula is C18H22N8O2. The van der Waals surface area contributed by atoms with E-state index < -0.39 is 5.91 Å². The average molecular weight is 382 g/mol. The van der Waals surface area contributed by atoms with E-state index in [9.17, 15) is 9.59 Å². The summed E-state index contributed by atoms with van der Waals surface area (Å²) in [5.41, 5.74) is 1.74. The molecule has 1 aliphatic heterocycles. The summed E-state index contributed by atoms with van der Waals surface area (Å²) < 4.78 is 3.08. The predicted molar refractivity (Wildman–Crippen MR) is 104 cm³/mol. The molecule has 146 valence electrons. The number of hydrogen-bond acceptors (Lipinski definition) is 6. The molecule has 1 saturated heterocycles. The van der Waals surface area contributed by atoms with E-state index in [4.69, 9.17) is 0 Å². The highest BCUT2D eigenvalue weighted by atomic mass is 16.2. The first-order valence-electron chi connectivity index (χ1n) is 9.18. The molecule has 0 radical (unpaired) electrons. The zero-order valence-corrected chi connectivity index (χ0v) is 16.1. The van der Waals surface area contributed by atoms with Crippen LogP contribution in [0.5, 0.6) is 0 Å². The minimum atomic E-state index is -0.390. The molecule has 10 nitrogen and oxygen atoms in total. The number of amides is 2. The Morgan fingerprint density at radius 2 is 2.11 bits per heavy atom. The smallest absolute Gasteiger partial charge is 0.274 e. The fourth-order valence-electron chi connectivity index (χ4n) is 2.99. The number of fused-ring (bicyclic) bond motifs is 1. The maximum Gasteiger partial charge on any atom is 0.274 e. The Labute approximate surface area is 161 Å². The van der Waals surface area contributed by atoms with Crippen LogP contribution in [0.3, 0.4) is 0 Å². The molecule has 0 aliphatic carbocycles. The molecule has 4 rings (SSSR count). The molecule has 3 aromatic rings. The molecule has 1 aliphatic rings. The van der Waals surface area contributed by atoms with Crippen molar-refractivity contribution < 1.29 is 9.59 Å². The topological polar surface area (TPSA) is 101 Å². The first-order valence-corrected chi connectivity index (χ1v) is 9.18. The van der Waals surface area contributed by atoms with E-state index in [1.54, 1.807) is 34.8 Å². The lowest BCUT2D eigenvalue weighted by atomic mass is 10.1. The van der Waals surface area contributed by atoms with Crippen molar-refractivity contribution in [2.24, 2.45) is 7.05 Å². The first-order chi connectivity index (χ1) is 13.5. The number of carbonyl (C=O) groups excluding carboxylic acids is 2. The molecule has 0 spiro atoms. The predicted octanol–water partition coefficient (Wildman–Crippen LogP) is 1.02. The second-order valence-corrected chi connectivity index (χ2v) is 6.77. The van der Waals surface area contributed by atoms with Gasteiger partial charge in [0.2, 0.25) is 5.95 Å². The van der Waals surface area contributed by atoms with Crippen molar-refractivity contribution in [3.05, 3.63) is 35.8 Å². The molecule has 28 heavy (non-hydrogen) atoms. The lowest BCUT2D eigenvalue weighted by molar-refractivity contribution is 0.0648. The molecule has 0 atom stereocenters. The van der Waals surface area contributed by atoms with Gasteiger partial charge in [0.05, 0.1) is 11.8 Å². The van der Waals surface area contributed by atoms with Crippen molar-refractivity contribution in [1.82, 2.24) is 29.3 Å². The molecular weight excluding hydrogens is 360 g/mol. The van der Waals surface area contributed by atoms with Crippen molar-refractivity contribution in [2.45, 2.75) is 13.3 Å². The maximum atomic E-state index is 12.9. The lowest BCUT2D eigenvalue weighted by Gasteiger charge is -2.30. The van der Waals surface area contributed by atoms with E-state index >= 15 is 0 Å². The Hall–Kier alpha value is -3.43. The van der Waals surface area contributed by atoms with Crippen molar-refractivity contribution in [1.29, 1.82) is 0 Å².